The van der Waals surface area contributed by atoms with E-state index in [2.05, 4.69) is 10.1 Å². The van der Waals surface area contributed by atoms with Crippen LogP contribution < -0.4 is 14.8 Å². The number of nitrogens with one attached hydrogen (secondary N) is 1. The summed E-state index contributed by atoms with van der Waals surface area (Å²) in [5.41, 5.74) is 2.18. The lowest BCUT2D eigenvalue weighted by molar-refractivity contribution is -0.118. The van der Waals surface area contributed by atoms with Crippen molar-refractivity contribution < 1.29 is 23.0 Å². The van der Waals surface area contributed by atoms with Gasteiger partial charge in [0.2, 0.25) is 0 Å². The minimum Gasteiger partial charge on any atom is -0.483 e. The second kappa shape index (κ2) is 7.58. The lowest BCUT2D eigenvalue weighted by Crippen LogP contribution is -2.21. The molecule has 4 nitrogen and oxygen atoms in total. The van der Waals surface area contributed by atoms with Crippen LogP contribution in [0.2, 0.25) is 0 Å². The van der Waals surface area contributed by atoms with E-state index in [-0.39, 0.29) is 18.0 Å². The number of anilines is 1. The van der Waals surface area contributed by atoms with E-state index in [1.807, 2.05) is 26.0 Å². The number of aryl methyl sites for hydroxylation is 2. The van der Waals surface area contributed by atoms with Gasteiger partial charge in [0.15, 0.2) is 6.61 Å². The van der Waals surface area contributed by atoms with Crippen molar-refractivity contribution in [2.75, 3.05) is 11.9 Å². The molecule has 0 heterocycles. The molecule has 0 atom stereocenters. The molecule has 1 amide bonds. The molecule has 0 saturated carbocycles. The average Bonchev–Trinajstić information content (AvgIpc) is 2.48. The summed E-state index contributed by atoms with van der Waals surface area (Å²) < 4.78 is 34.4. The van der Waals surface area contributed by atoms with E-state index in [4.69, 9.17) is 4.74 Å². The Hall–Kier alpha value is -2.63. The van der Waals surface area contributed by atoms with Crippen molar-refractivity contribution in [3.8, 4) is 11.5 Å². The number of hydrogen-bond donors (Lipinski definition) is 1. The van der Waals surface area contributed by atoms with Gasteiger partial charge in [-0.2, -0.15) is 8.78 Å². The van der Waals surface area contributed by atoms with Gasteiger partial charge in [-0.05, 0) is 37.6 Å². The summed E-state index contributed by atoms with van der Waals surface area (Å²) in [6.07, 6.45) is 0. The van der Waals surface area contributed by atoms with Crippen molar-refractivity contribution in [3.05, 3.63) is 53.6 Å². The van der Waals surface area contributed by atoms with Crippen molar-refractivity contribution in [1.82, 2.24) is 0 Å². The number of amides is 1. The number of benzene rings is 2. The first-order valence-electron chi connectivity index (χ1n) is 6.99. The van der Waals surface area contributed by atoms with Gasteiger partial charge >= 0.3 is 6.61 Å². The molecule has 122 valence electrons. The van der Waals surface area contributed by atoms with E-state index in [1.165, 1.54) is 12.1 Å². The molecule has 0 unspecified atom stereocenters. The highest BCUT2D eigenvalue weighted by Crippen LogP contribution is 2.25. The summed E-state index contributed by atoms with van der Waals surface area (Å²) >= 11 is 0. The fraction of sp³-hybridized carbons (Fsp3) is 0.235. The van der Waals surface area contributed by atoms with E-state index in [9.17, 15) is 13.6 Å². The fourth-order valence-corrected chi connectivity index (χ4v) is 2.06. The second-order valence-electron chi connectivity index (χ2n) is 4.98. The van der Waals surface area contributed by atoms with Crippen LogP contribution in [0, 0.1) is 13.8 Å². The first kappa shape index (κ1) is 16.7. The van der Waals surface area contributed by atoms with Crippen LogP contribution in [-0.4, -0.2) is 19.1 Å². The van der Waals surface area contributed by atoms with Crippen molar-refractivity contribution in [1.29, 1.82) is 0 Å². The third-order valence-electron chi connectivity index (χ3n) is 3.07. The first-order valence-corrected chi connectivity index (χ1v) is 6.99. The highest BCUT2D eigenvalue weighted by Gasteiger charge is 2.12. The van der Waals surface area contributed by atoms with Crippen LogP contribution in [0.3, 0.4) is 0 Å². The minimum absolute atomic E-state index is 0.0950. The quantitative estimate of drug-likeness (QED) is 0.877. The van der Waals surface area contributed by atoms with Crippen LogP contribution in [0.25, 0.3) is 0 Å². The molecule has 0 spiro atoms. The Morgan fingerprint density at radius 1 is 1.13 bits per heavy atom. The molecule has 1 N–H and O–H groups in total. The van der Waals surface area contributed by atoms with Crippen LogP contribution in [0.1, 0.15) is 11.1 Å². The number of carbonyl (C=O) groups is 1. The van der Waals surface area contributed by atoms with E-state index >= 15 is 0 Å². The maximum absolute atomic E-state index is 12.3. The van der Waals surface area contributed by atoms with Gasteiger partial charge in [0.05, 0.1) is 5.69 Å². The zero-order chi connectivity index (χ0) is 16.8. The molecular formula is C17H17F2NO3. The zero-order valence-corrected chi connectivity index (χ0v) is 12.8. The molecule has 0 radical (unpaired) electrons. The molecule has 2 rings (SSSR count). The number of para-hydroxylation sites is 2. The SMILES string of the molecule is Cc1ccc(OCC(=O)Nc2ccccc2OC(F)F)c(C)c1. The number of carbonyl (C=O) groups excluding carboxylic acids is 1. The number of rotatable bonds is 6. The second-order valence-corrected chi connectivity index (χ2v) is 4.98. The molecule has 2 aromatic rings. The molecule has 0 fully saturated rings. The van der Waals surface area contributed by atoms with E-state index in [1.54, 1.807) is 18.2 Å². The highest BCUT2D eigenvalue weighted by atomic mass is 19.3. The molecule has 0 saturated heterocycles. The third-order valence-corrected chi connectivity index (χ3v) is 3.07. The van der Waals surface area contributed by atoms with Crippen molar-refractivity contribution in [2.45, 2.75) is 20.5 Å². The topological polar surface area (TPSA) is 47.6 Å². The highest BCUT2D eigenvalue weighted by molar-refractivity contribution is 5.93. The summed E-state index contributed by atoms with van der Waals surface area (Å²) in [7, 11) is 0. The summed E-state index contributed by atoms with van der Waals surface area (Å²) in [5.74, 6) is 0.0422. The van der Waals surface area contributed by atoms with Gasteiger partial charge in [0, 0.05) is 0 Å². The largest absolute Gasteiger partial charge is 0.483 e. The van der Waals surface area contributed by atoms with Gasteiger partial charge in [-0.1, -0.05) is 29.8 Å². The standard InChI is InChI=1S/C17H17F2NO3/c1-11-7-8-14(12(2)9-11)22-10-16(21)20-13-5-3-4-6-15(13)23-17(18)19/h3-9,17H,10H2,1-2H3,(H,20,21). The molecular weight excluding hydrogens is 304 g/mol. The molecule has 0 aliphatic heterocycles. The Labute approximate surface area is 133 Å². The smallest absolute Gasteiger partial charge is 0.387 e. The molecule has 0 aromatic heterocycles. The average molecular weight is 321 g/mol. The maximum atomic E-state index is 12.3. The van der Waals surface area contributed by atoms with Crippen LogP contribution in [0.15, 0.2) is 42.5 Å². The lowest BCUT2D eigenvalue weighted by Gasteiger charge is -2.13. The Morgan fingerprint density at radius 2 is 1.87 bits per heavy atom. The van der Waals surface area contributed by atoms with Crippen LogP contribution in [0.5, 0.6) is 11.5 Å². The number of halogens is 2. The minimum atomic E-state index is -2.96. The van der Waals surface area contributed by atoms with Crippen molar-refractivity contribution in [2.24, 2.45) is 0 Å². The van der Waals surface area contributed by atoms with Gasteiger partial charge in [-0.3, -0.25) is 4.79 Å². The number of ether oxygens (including phenoxy) is 2. The van der Waals surface area contributed by atoms with E-state index in [0.29, 0.717) is 5.75 Å². The summed E-state index contributed by atoms with van der Waals surface area (Å²) in [5, 5.41) is 2.49. The predicted molar refractivity (Wildman–Crippen MR) is 83.1 cm³/mol. The third kappa shape index (κ3) is 4.95. The number of hydrogen-bond acceptors (Lipinski definition) is 3. The zero-order valence-electron chi connectivity index (χ0n) is 12.8. The van der Waals surface area contributed by atoms with Crippen LogP contribution >= 0.6 is 0 Å². The maximum Gasteiger partial charge on any atom is 0.387 e. The molecule has 0 bridgehead atoms. The Kier molecular flexibility index (Phi) is 5.51. The summed E-state index contributed by atoms with van der Waals surface area (Å²) in [6, 6.07) is 11.6. The predicted octanol–water partition coefficient (Wildman–Crippen LogP) is 3.92. The van der Waals surface area contributed by atoms with Crippen molar-refractivity contribution >= 4 is 11.6 Å². The first-order chi connectivity index (χ1) is 11.0. The van der Waals surface area contributed by atoms with Crippen LogP contribution in [-0.2, 0) is 4.79 Å². The number of alkyl halides is 2. The normalized spacial score (nSPS) is 10.5. The summed E-state index contributed by atoms with van der Waals surface area (Å²) in [6.45, 7) is 0.655. The van der Waals surface area contributed by atoms with Gasteiger partial charge < -0.3 is 14.8 Å². The van der Waals surface area contributed by atoms with Crippen molar-refractivity contribution in [3.63, 3.8) is 0 Å². The summed E-state index contributed by atoms with van der Waals surface area (Å²) in [4.78, 5) is 11.9. The van der Waals surface area contributed by atoms with E-state index < -0.39 is 12.5 Å². The van der Waals surface area contributed by atoms with Gasteiger partial charge in [0.1, 0.15) is 11.5 Å². The molecule has 0 aliphatic carbocycles. The molecule has 2 aromatic carbocycles. The lowest BCUT2D eigenvalue weighted by atomic mass is 10.1. The van der Waals surface area contributed by atoms with Gasteiger partial charge in [-0.25, -0.2) is 0 Å². The fourth-order valence-electron chi connectivity index (χ4n) is 2.06. The van der Waals surface area contributed by atoms with Crippen LogP contribution in [0.4, 0.5) is 14.5 Å². The Balaban J connectivity index is 1.97. The van der Waals surface area contributed by atoms with Gasteiger partial charge in [-0.15, -0.1) is 0 Å². The molecule has 23 heavy (non-hydrogen) atoms. The Morgan fingerprint density at radius 3 is 2.57 bits per heavy atom. The Bertz CT molecular complexity index is 689. The van der Waals surface area contributed by atoms with Gasteiger partial charge in [0.25, 0.3) is 5.91 Å². The van der Waals surface area contributed by atoms with E-state index in [0.717, 1.165) is 11.1 Å². The monoisotopic (exact) mass is 321 g/mol. The molecule has 6 heteroatoms. The molecule has 0 aliphatic rings.